The van der Waals surface area contributed by atoms with Crippen molar-refractivity contribution in [2.24, 2.45) is 12.8 Å². The fraction of sp³-hybridized carbons (Fsp3) is 0.312. The Morgan fingerprint density at radius 3 is 2.80 bits per heavy atom. The molecule has 4 nitrogen and oxygen atoms in total. The molecule has 1 heterocycles. The van der Waals surface area contributed by atoms with Crippen LogP contribution in [0, 0.1) is 11.8 Å². The number of nitrogens with two attached hydrogens (primary N) is 1. The summed E-state index contributed by atoms with van der Waals surface area (Å²) in [4.78, 5) is 6.57. The lowest BCUT2D eigenvalue weighted by molar-refractivity contribution is 0.307. The Balaban J connectivity index is 2.08. The minimum absolute atomic E-state index is 0.386. The van der Waals surface area contributed by atoms with Crippen LogP contribution in [0.25, 0.3) is 0 Å². The van der Waals surface area contributed by atoms with Gasteiger partial charge in [0.25, 0.3) is 0 Å². The Morgan fingerprint density at radius 1 is 1.30 bits per heavy atom. The van der Waals surface area contributed by atoms with E-state index in [1.807, 2.05) is 42.2 Å². The van der Waals surface area contributed by atoms with Gasteiger partial charge in [-0.05, 0) is 18.7 Å². The fourth-order valence-corrected chi connectivity index (χ4v) is 2.06. The average molecular weight is 268 g/mol. The smallest absolute Gasteiger partial charge is 0.122 e. The van der Waals surface area contributed by atoms with E-state index in [4.69, 9.17) is 5.73 Å². The van der Waals surface area contributed by atoms with E-state index in [9.17, 15) is 0 Å². The van der Waals surface area contributed by atoms with Gasteiger partial charge in [0.15, 0.2) is 0 Å². The summed E-state index contributed by atoms with van der Waals surface area (Å²) in [5.74, 6) is 7.10. The molecule has 0 atom stereocenters. The molecule has 0 aliphatic carbocycles. The van der Waals surface area contributed by atoms with Gasteiger partial charge in [-0.3, -0.25) is 4.90 Å². The van der Waals surface area contributed by atoms with E-state index in [2.05, 4.69) is 34.8 Å². The van der Waals surface area contributed by atoms with Crippen LogP contribution < -0.4 is 5.73 Å². The molecule has 2 rings (SSSR count). The molecule has 2 N–H and O–H groups in total. The Labute approximate surface area is 120 Å². The van der Waals surface area contributed by atoms with Crippen molar-refractivity contribution in [1.29, 1.82) is 0 Å². The van der Waals surface area contributed by atoms with Crippen molar-refractivity contribution in [3.05, 3.63) is 53.6 Å². The zero-order valence-corrected chi connectivity index (χ0v) is 12.0. The molecule has 0 saturated carbocycles. The zero-order valence-electron chi connectivity index (χ0n) is 12.0. The van der Waals surface area contributed by atoms with Crippen LogP contribution in [0.3, 0.4) is 0 Å². The highest BCUT2D eigenvalue weighted by Gasteiger charge is 2.07. The van der Waals surface area contributed by atoms with E-state index in [1.165, 1.54) is 5.56 Å². The van der Waals surface area contributed by atoms with Gasteiger partial charge in [0.05, 0.1) is 13.1 Å². The Morgan fingerprint density at radius 2 is 2.10 bits per heavy atom. The monoisotopic (exact) mass is 268 g/mol. The average Bonchev–Trinajstić information content (AvgIpc) is 2.83. The van der Waals surface area contributed by atoms with Crippen molar-refractivity contribution < 1.29 is 0 Å². The number of benzene rings is 1. The first kappa shape index (κ1) is 14.3. The number of aryl methyl sites for hydroxylation is 1. The van der Waals surface area contributed by atoms with Crippen molar-refractivity contribution in [3.63, 3.8) is 0 Å². The number of aromatic nitrogens is 2. The van der Waals surface area contributed by atoms with Gasteiger partial charge in [0.1, 0.15) is 5.82 Å². The van der Waals surface area contributed by atoms with Gasteiger partial charge in [-0.2, -0.15) is 0 Å². The highest BCUT2D eigenvalue weighted by atomic mass is 15.1. The van der Waals surface area contributed by atoms with Gasteiger partial charge in [-0.1, -0.05) is 30.0 Å². The van der Waals surface area contributed by atoms with E-state index < -0.39 is 0 Å². The molecule has 0 aliphatic heterocycles. The summed E-state index contributed by atoms with van der Waals surface area (Å²) in [5, 5.41) is 0. The minimum atomic E-state index is 0.386. The molecule has 4 heteroatoms. The van der Waals surface area contributed by atoms with Crippen LogP contribution in [0.15, 0.2) is 36.7 Å². The summed E-state index contributed by atoms with van der Waals surface area (Å²) < 4.78 is 2.04. The summed E-state index contributed by atoms with van der Waals surface area (Å²) in [6.45, 7) is 2.03. The topological polar surface area (TPSA) is 47.1 Å². The second-order valence-corrected chi connectivity index (χ2v) is 4.79. The molecule has 0 saturated heterocycles. The van der Waals surface area contributed by atoms with Crippen LogP contribution in [0.5, 0.6) is 0 Å². The largest absolute Gasteiger partial charge is 0.337 e. The van der Waals surface area contributed by atoms with Crippen molar-refractivity contribution in [2.75, 3.05) is 13.6 Å². The van der Waals surface area contributed by atoms with E-state index in [0.717, 1.165) is 24.5 Å². The molecule has 0 spiro atoms. The van der Waals surface area contributed by atoms with Crippen LogP contribution in [-0.2, 0) is 20.1 Å². The number of nitrogens with zero attached hydrogens (tertiary/aromatic N) is 3. The SMILES string of the molecule is CN(Cc1ccccc1C#CCN)Cc1nccn1C. The van der Waals surface area contributed by atoms with E-state index in [0.29, 0.717) is 6.54 Å². The number of hydrogen-bond donors (Lipinski definition) is 1. The Hall–Kier alpha value is -2.09. The van der Waals surface area contributed by atoms with Gasteiger partial charge in [-0.15, -0.1) is 0 Å². The first-order chi connectivity index (χ1) is 9.70. The van der Waals surface area contributed by atoms with Crippen LogP contribution in [0.1, 0.15) is 17.0 Å². The lowest BCUT2D eigenvalue weighted by Gasteiger charge is -2.17. The highest BCUT2D eigenvalue weighted by molar-refractivity contribution is 5.41. The van der Waals surface area contributed by atoms with Gasteiger partial charge in [0, 0.05) is 31.5 Å². The Kier molecular flexibility index (Phi) is 4.94. The summed E-state index contributed by atoms with van der Waals surface area (Å²) in [6, 6.07) is 8.18. The number of imidazole rings is 1. The molecule has 0 bridgehead atoms. The molecular formula is C16H20N4. The van der Waals surface area contributed by atoms with Gasteiger partial charge >= 0.3 is 0 Å². The van der Waals surface area contributed by atoms with Crippen molar-refractivity contribution in [2.45, 2.75) is 13.1 Å². The molecule has 0 unspecified atom stereocenters. The fourth-order valence-electron chi connectivity index (χ4n) is 2.06. The van der Waals surface area contributed by atoms with Crippen LogP contribution in [0.4, 0.5) is 0 Å². The van der Waals surface area contributed by atoms with E-state index in [1.54, 1.807) is 0 Å². The first-order valence-corrected chi connectivity index (χ1v) is 6.62. The molecular weight excluding hydrogens is 248 g/mol. The third-order valence-electron chi connectivity index (χ3n) is 3.12. The molecule has 0 fully saturated rings. The second kappa shape index (κ2) is 6.90. The molecule has 1 aromatic heterocycles. The quantitative estimate of drug-likeness (QED) is 0.852. The van der Waals surface area contributed by atoms with Crippen molar-refractivity contribution in [3.8, 4) is 11.8 Å². The Bertz CT molecular complexity index is 619. The maximum absolute atomic E-state index is 5.44. The number of rotatable bonds is 4. The predicted molar refractivity (Wildman–Crippen MR) is 80.8 cm³/mol. The summed E-state index contributed by atoms with van der Waals surface area (Å²) in [6.07, 6.45) is 3.79. The van der Waals surface area contributed by atoms with Gasteiger partial charge in [-0.25, -0.2) is 4.98 Å². The molecule has 1 aromatic carbocycles. The molecule has 0 aliphatic rings. The number of hydrogen-bond acceptors (Lipinski definition) is 3. The zero-order chi connectivity index (χ0) is 14.4. The highest BCUT2D eigenvalue weighted by Crippen LogP contribution is 2.11. The normalized spacial score (nSPS) is 10.4. The first-order valence-electron chi connectivity index (χ1n) is 6.62. The van der Waals surface area contributed by atoms with Gasteiger partial charge in [0.2, 0.25) is 0 Å². The molecule has 20 heavy (non-hydrogen) atoms. The maximum Gasteiger partial charge on any atom is 0.122 e. The van der Waals surface area contributed by atoms with Crippen molar-refractivity contribution in [1.82, 2.24) is 14.5 Å². The third kappa shape index (κ3) is 3.70. The van der Waals surface area contributed by atoms with Crippen molar-refractivity contribution >= 4 is 0 Å². The molecule has 0 radical (unpaired) electrons. The minimum Gasteiger partial charge on any atom is -0.337 e. The predicted octanol–water partition coefficient (Wildman–Crippen LogP) is 1.36. The lowest BCUT2D eigenvalue weighted by Crippen LogP contribution is -2.20. The standard InChI is InChI=1S/C16H20N4/c1-19(13-16-18-10-11-20(16)2)12-15-7-4-3-6-14(15)8-5-9-17/h3-4,6-7,10-11H,9,12-13,17H2,1-2H3. The lowest BCUT2D eigenvalue weighted by atomic mass is 10.1. The van der Waals surface area contributed by atoms with Crippen LogP contribution in [-0.4, -0.2) is 28.0 Å². The summed E-state index contributed by atoms with van der Waals surface area (Å²) >= 11 is 0. The summed E-state index contributed by atoms with van der Waals surface area (Å²) in [5.41, 5.74) is 7.70. The van der Waals surface area contributed by atoms with E-state index in [-0.39, 0.29) is 0 Å². The second-order valence-electron chi connectivity index (χ2n) is 4.79. The molecule has 2 aromatic rings. The third-order valence-corrected chi connectivity index (χ3v) is 3.12. The van der Waals surface area contributed by atoms with Gasteiger partial charge < -0.3 is 10.3 Å². The van der Waals surface area contributed by atoms with Crippen LogP contribution >= 0.6 is 0 Å². The van der Waals surface area contributed by atoms with Crippen LogP contribution in [0.2, 0.25) is 0 Å². The molecule has 0 amide bonds. The maximum atomic E-state index is 5.44. The summed E-state index contributed by atoms with van der Waals surface area (Å²) in [7, 11) is 4.10. The molecule has 104 valence electrons. The van der Waals surface area contributed by atoms with E-state index >= 15 is 0 Å².